The molecular formula is C12H16Cl2O4. The number of carbonyl (C=O) groups is 2. The molecular weight excluding hydrogens is 279 g/mol. The van der Waals surface area contributed by atoms with E-state index in [1.54, 1.807) is 0 Å². The van der Waals surface area contributed by atoms with Crippen LogP contribution in [0.15, 0.2) is 0 Å². The molecule has 0 aliphatic heterocycles. The third kappa shape index (κ3) is 2.32. The van der Waals surface area contributed by atoms with Crippen molar-refractivity contribution in [3.63, 3.8) is 0 Å². The lowest BCUT2D eigenvalue weighted by Gasteiger charge is -2.47. The maximum absolute atomic E-state index is 11.2. The van der Waals surface area contributed by atoms with E-state index in [4.69, 9.17) is 33.4 Å². The summed E-state index contributed by atoms with van der Waals surface area (Å²) in [7, 11) is 0. The Morgan fingerprint density at radius 1 is 1.00 bits per heavy atom. The molecule has 2 fully saturated rings. The number of carboxylic acids is 2. The van der Waals surface area contributed by atoms with Gasteiger partial charge in [0.25, 0.3) is 0 Å². The molecule has 0 aromatic heterocycles. The normalized spacial score (nSPS) is 38.8. The van der Waals surface area contributed by atoms with E-state index < -0.39 is 22.2 Å². The lowest BCUT2D eigenvalue weighted by molar-refractivity contribution is -0.148. The summed E-state index contributed by atoms with van der Waals surface area (Å²) in [4.78, 5) is 22.2. The standard InChI is InChI=1S/C12H16Cl2O4/c13-12(14)8-3-2-7(10(15)16)5-6(8)1-4-9(12)11(17)18/h6-9H,1-5H2,(H,15,16)(H,17,18). The first-order chi connectivity index (χ1) is 8.34. The monoisotopic (exact) mass is 294 g/mol. The minimum atomic E-state index is -1.27. The summed E-state index contributed by atoms with van der Waals surface area (Å²) in [6.07, 6.45) is 2.82. The Labute approximate surface area is 115 Å². The first-order valence-electron chi connectivity index (χ1n) is 6.17. The van der Waals surface area contributed by atoms with E-state index in [1.165, 1.54) is 0 Å². The Bertz CT molecular complexity index is 369. The Morgan fingerprint density at radius 3 is 2.22 bits per heavy atom. The van der Waals surface area contributed by atoms with Crippen molar-refractivity contribution in [3.05, 3.63) is 0 Å². The summed E-state index contributed by atoms with van der Waals surface area (Å²) in [6.45, 7) is 0. The van der Waals surface area contributed by atoms with Gasteiger partial charge in [0.05, 0.1) is 11.8 Å². The quantitative estimate of drug-likeness (QED) is 0.768. The van der Waals surface area contributed by atoms with Crippen LogP contribution in [0.1, 0.15) is 32.1 Å². The first kappa shape index (κ1) is 13.9. The fourth-order valence-corrected chi connectivity index (χ4v) is 4.41. The summed E-state index contributed by atoms with van der Waals surface area (Å²) < 4.78 is -1.27. The summed E-state index contributed by atoms with van der Waals surface area (Å²) in [5.41, 5.74) is 0. The molecule has 4 atom stereocenters. The second-order valence-electron chi connectivity index (χ2n) is 5.36. The highest BCUT2D eigenvalue weighted by atomic mass is 35.5. The van der Waals surface area contributed by atoms with Crippen LogP contribution in [-0.2, 0) is 9.59 Å². The summed E-state index contributed by atoms with van der Waals surface area (Å²) in [6, 6.07) is 0. The van der Waals surface area contributed by atoms with Crippen molar-refractivity contribution in [1.29, 1.82) is 0 Å². The molecule has 0 aromatic rings. The van der Waals surface area contributed by atoms with Gasteiger partial charge in [0.2, 0.25) is 0 Å². The lowest BCUT2D eigenvalue weighted by Crippen LogP contribution is -2.49. The zero-order valence-corrected chi connectivity index (χ0v) is 11.3. The molecule has 2 aliphatic carbocycles. The Morgan fingerprint density at radius 2 is 1.67 bits per heavy atom. The minimum Gasteiger partial charge on any atom is -0.481 e. The average Bonchev–Trinajstić information content (AvgIpc) is 2.27. The topological polar surface area (TPSA) is 74.6 Å². The van der Waals surface area contributed by atoms with Gasteiger partial charge in [-0.1, -0.05) is 0 Å². The summed E-state index contributed by atoms with van der Waals surface area (Å²) >= 11 is 12.5. The zero-order chi connectivity index (χ0) is 13.5. The molecule has 0 spiro atoms. The average molecular weight is 295 g/mol. The van der Waals surface area contributed by atoms with Crippen molar-refractivity contribution in [2.24, 2.45) is 23.7 Å². The summed E-state index contributed by atoms with van der Waals surface area (Å²) in [5, 5.41) is 18.2. The zero-order valence-electron chi connectivity index (χ0n) is 9.81. The molecule has 6 heteroatoms. The first-order valence-corrected chi connectivity index (χ1v) is 6.93. The predicted molar refractivity (Wildman–Crippen MR) is 66.8 cm³/mol. The van der Waals surface area contributed by atoms with Gasteiger partial charge in [-0.15, -0.1) is 23.2 Å². The van der Waals surface area contributed by atoms with Crippen LogP contribution < -0.4 is 0 Å². The highest BCUT2D eigenvalue weighted by molar-refractivity contribution is 6.49. The van der Waals surface area contributed by atoms with Crippen LogP contribution in [0.2, 0.25) is 0 Å². The van der Waals surface area contributed by atoms with Gasteiger partial charge in [0, 0.05) is 0 Å². The molecule has 0 bridgehead atoms. The lowest BCUT2D eigenvalue weighted by atomic mass is 9.64. The molecule has 4 nitrogen and oxygen atoms in total. The molecule has 0 heterocycles. The van der Waals surface area contributed by atoms with Crippen LogP contribution >= 0.6 is 23.2 Å². The van der Waals surface area contributed by atoms with Crippen molar-refractivity contribution in [2.75, 3.05) is 0 Å². The van der Waals surface area contributed by atoms with Crippen LogP contribution in [-0.4, -0.2) is 26.5 Å². The van der Waals surface area contributed by atoms with Crippen LogP contribution in [0.3, 0.4) is 0 Å². The fraction of sp³-hybridized carbons (Fsp3) is 0.833. The van der Waals surface area contributed by atoms with Crippen molar-refractivity contribution in [3.8, 4) is 0 Å². The third-order valence-corrected chi connectivity index (χ3v) is 5.50. The molecule has 2 saturated carbocycles. The van der Waals surface area contributed by atoms with Crippen LogP contribution in [0.4, 0.5) is 0 Å². The molecule has 0 saturated heterocycles. The van der Waals surface area contributed by atoms with E-state index in [-0.39, 0.29) is 17.8 Å². The van der Waals surface area contributed by atoms with E-state index in [1.807, 2.05) is 0 Å². The number of aliphatic carboxylic acids is 2. The highest BCUT2D eigenvalue weighted by Gasteiger charge is 2.54. The smallest absolute Gasteiger partial charge is 0.309 e. The van der Waals surface area contributed by atoms with Crippen molar-refractivity contribution in [1.82, 2.24) is 0 Å². The Balaban J connectivity index is 2.15. The molecule has 0 radical (unpaired) electrons. The maximum atomic E-state index is 11.2. The van der Waals surface area contributed by atoms with Gasteiger partial charge in [0.15, 0.2) is 0 Å². The van der Waals surface area contributed by atoms with Gasteiger partial charge in [0.1, 0.15) is 4.33 Å². The van der Waals surface area contributed by atoms with Crippen LogP contribution in [0.25, 0.3) is 0 Å². The number of hydrogen-bond donors (Lipinski definition) is 2. The molecule has 2 aliphatic rings. The summed E-state index contributed by atoms with van der Waals surface area (Å²) in [5.74, 6) is -2.79. The van der Waals surface area contributed by atoms with E-state index in [2.05, 4.69) is 0 Å². The van der Waals surface area contributed by atoms with Gasteiger partial charge in [-0.05, 0) is 43.9 Å². The van der Waals surface area contributed by atoms with Crippen molar-refractivity contribution in [2.45, 2.75) is 36.4 Å². The highest BCUT2D eigenvalue weighted by Crippen LogP contribution is 2.55. The molecule has 0 aromatic carbocycles. The van der Waals surface area contributed by atoms with E-state index >= 15 is 0 Å². The minimum absolute atomic E-state index is 0.105. The molecule has 0 amide bonds. The van der Waals surface area contributed by atoms with Gasteiger partial charge < -0.3 is 10.2 Å². The number of fused-ring (bicyclic) bond motifs is 1. The third-order valence-electron chi connectivity index (χ3n) is 4.41. The van der Waals surface area contributed by atoms with Gasteiger partial charge in [-0.25, -0.2) is 0 Å². The van der Waals surface area contributed by atoms with Gasteiger partial charge in [-0.3, -0.25) is 9.59 Å². The number of hydrogen-bond acceptors (Lipinski definition) is 2. The Kier molecular flexibility index (Phi) is 3.79. The fourth-order valence-electron chi connectivity index (χ4n) is 3.43. The SMILES string of the molecule is O=C(O)C1CCC2C(CCC(C(=O)O)C2(Cl)Cl)C1. The van der Waals surface area contributed by atoms with E-state index in [9.17, 15) is 9.59 Å². The number of carboxylic acid groups (broad SMARTS) is 2. The number of alkyl halides is 2. The largest absolute Gasteiger partial charge is 0.481 e. The van der Waals surface area contributed by atoms with Crippen molar-refractivity contribution >= 4 is 35.1 Å². The molecule has 2 N–H and O–H groups in total. The Hall–Kier alpha value is -0.480. The second-order valence-corrected chi connectivity index (χ2v) is 6.80. The molecule has 18 heavy (non-hydrogen) atoms. The van der Waals surface area contributed by atoms with Gasteiger partial charge >= 0.3 is 11.9 Å². The van der Waals surface area contributed by atoms with E-state index in [0.29, 0.717) is 32.1 Å². The molecule has 102 valence electrons. The van der Waals surface area contributed by atoms with Crippen LogP contribution in [0.5, 0.6) is 0 Å². The predicted octanol–water partition coefficient (Wildman–Crippen LogP) is 2.77. The molecule has 2 rings (SSSR count). The number of halogens is 2. The van der Waals surface area contributed by atoms with Crippen LogP contribution in [0, 0.1) is 23.7 Å². The van der Waals surface area contributed by atoms with E-state index in [0.717, 1.165) is 0 Å². The molecule has 4 unspecified atom stereocenters. The van der Waals surface area contributed by atoms with Gasteiger partial charge in [-0.2, -0.15) is 0 Å². The maximum Gasteiger partial charge on any atom is 0.309 e. The van der Waals surface area contributed by atoms with Crippen molar-refractivity contribution < 1.29 is 19.8 Å². The number of rotatable bonds is 2. The second kappa shape index (κ2) is 4.89.